The Balaban J connectivity index is 1.70. The average molecular weight is 435 g/mol. The Morgan fingerprint density at radius 3 is 2.37 bits per heavy atom. The van der Waals surface area contributed by atoms with E-state index in [4.69, 9.17) is 4.74 Å². The molecule has 1 heterocycles. The molecule has 6 nitrogen and oxygen atoms in total. The molecule has 30 heavy (non-hydrogen) atoms. The number of rotatable bonds is 4. The van der Waals surface area contributed by atoms with Gasteiger partial charge in [-0.1, -0.05) is 0 Å². The molecular weight excluding hydrogens is 397 g/mol. The number of amides is 1. The molecule has 2 N–H and O–H groups in total. The highest BCUT2D eigenvalue weighted by molar-refractivity contribution is 5.79. The number of alkyl halides is 3. The van der Waals surface area contributed by atoms with Gasteiger partial charge in [0.25, 0.3) is 0 Å². The zero-order valence-corrected chi connectivity index (χ0v) is 18.6. The van der Waals surface area contributed by atoms with E-state index in [1.165, 1.54) is 0 Å². The van der Waals surface area contributed by atoms with Gasteiger partial charge in [0.05, 0.1) is 5.92 Å². The van der Waals surface area contributed by atoms with E-state index in [1.807, 2.05) is 20.8 Å². The van der Waals surface area contributed by atoms with E-state index in [-0.39, 0.29) is 25.0 Å². The van der Waals surface area contributed by atoms with Crippen LogP contribution in [0.4, 0.5) is 18.0 Å². The summed E-state index contributed by atoms with van der Waals surface area (Å²) in [4.78, 5) is 18.3. The predicted molar refractivity (Wildman–Crippen MR) is 111 cm³/mol. The second-order valence-corrected chi connectivity index (χ2v) is 9.46. The topological polar surface area (TPSA) is 66.0 Å². The first-order valence-electron chi connectivity index (χ1n) is 11.0. The molecule has 9 heteroatoms. The largest absolute Gasteiger partial charge is 0.444 e. The van der Waals surface area contributed by atoms with Gasteiger partial charge < -0.3 is 20.3 Å². The SMILES string of the molecule is CN=C(NCCC1CCCN(C(=O)OC(C)(C)C)C1)NC1CCC(C(F)(F)F)CC1. The quantitative estimate of drug-likeness (QED) is 0.511. The van der Waals surface area contributed by atoms with Crippen molar-refractivity contribution in [2.45, 2.75) is 83.5 Å². The molecule has 174 valence electrons. The van der Waals surface area contributed by atoms with Crippen LogP contribution in [0.2, 0.25) is 0 Å². The summed E-state index contributed by atoms with van der Waals surface area (Å²) in [5.74, 6) is -0.158. The molecular formula is C21H37F3N4O2. The number of aliphatic imine (C=N–C) groups is 1. The molecule has 2 rings (SSSR count). The fourth-order valence-corrected chi connectivity index (χ4v) is 4.14. The van der Waals surface area contributed by atoms with Crippen molar-refractivity contribution in [3.8, 4) is 0 Å². The van der Waals surface area contributed by atoms with Crippen LogP contribution in [0, 0.1) is 11.8 Å². The summed E-state index contributed by atoms with van der Waals surface area (Å²) in [6.45, 7) is 7.70. The van der Waals surface area contributed by atoms with Crippen molar-refractivity contribution in [3.05, 3.63) is 0 Å². The molecule has 1 unspecified atom stereocenters. The van der Waals surface area contributed by atoms with Gasteiger partial charge in [-0.15, -0.1) is 0 Å². The molecule has 0 aromatic rings. The van der Waals surface area contributed by atoms with Gasteiger partial charge in [0.1, 0.15) is 5.60 Å². The Morgan fingerprint density at radius 1 is 1.13 bits per heavy atom. The summed E-state index contributed by atoms with van der Waals surface area (Å²) < 4.78 is 43.9. The van der Waals surface area contributed by atoms with Crippen LogP contribution in [-0.2, 0) is 4.74 Å². The van der Waals surface area contributed by atoms with Crippen LogP contribution in [-0.4, -0.2) is 61.5 Å². The number of guanidine groups is 1. The number of carbonyl (C=O) groups excluding carboxylic acids is 1. The Bertz CT molecular complexity index is 582. The van der Waals surface area contributed by atoms with E-state index in [0.29, 0.717) is 37.8 Å². The Kier molecular flexibility index (Phi) is 8.67. The molecule has 0 spiro atoms. The van der Waals surface area contributed by atoms with Gasteiger partial charge in [-0.3, -0.25) is 4.99 Å². The van der Waals surface area contributed by atoms with Crippen LogP contribution >= 0.6 is 0 Å². The molecule has 1 saturated heterocycles. The average Bonchev–Trinajstić information content (AvgIpc) is 2.66. The van der Waals surface area contributed by atoms with Gasteiger partial charge in [-0.2, -0.15) is 13.2 Å². The molecule has 1 amide bonds. The highest BCUT2D eigenvalue weighted by Gasteiger charge is 2.41. The maximum absolute atomic E-state index is 12.8. The third-order valence-corrected chi connectivity index (χ3v) is 5.77. The predicted octanol–water partition coefficient (Wildman–Crippen LogP) is 4.31. The smallest absolute Gasteiger partial charge is 0.410 e. The Labute approximate surface area is 178 Å². The highest BCUT2D eigenvalue weighted by Crippen LogP contribution is 2.37. The number of likely N-dealkylation sites (tertiary alicyclic amines) is 1. The maximum atomic E-state index is 12.8. The third-order valence-electron chi connectivity index (χ3n) is 5.77. The number of nitrogens with zero attached hydrogens (tertiary/aromatic N) is 2. The lowest BCUT2D eigenvalue weighted by atomic mass is 9.85. The van der Waals surface area contributed by atoms with Crippen molar-refractivity contribution in [1.29, 1.82) is 0 Å². The lowest BCUT2D eigenvalue weighted by molar-refractivity contribution is -0.182. The van der Waals surface area contributed by atoms with Crippen LogP contribution in [0.15, 0.2) is 4.99 Å². The van der Waals surface area contributed by atoms with Crippen molar-refractivity contribution in [3.63, 3.8) is 0 Å². The molecule has 0 bridgehead atoms. The van der Waals surface area contributed by atoms with Crippen molar-refractivity contribution in [2.24, 2.45) is 16.8 Å². The fourth-order valence-electron chi connectivity index (χ4n) is 4.14. The normalized spacial score (nSPS) is 26.3. The van der Waals surface area contributed by atoms with E-state index >= 15 is 0 Å². The van der Waals surface area contributed by atoms with Crippen LogP contribution in [0.5, 0.6) is 0 Å². The minimum atomic E-state index is -4.09. The van der Waals surface area contributed by atoms with E-state index in [0.717, 1.165) is 25.8 Å². The van der Waals surface area contributed by atoms with E-state index in [9.17, 15) is 18.0 Å². The van der Waals surface area contributed by atoms with Crippen molar-refractivity contribution in [2.75, 3.05) is 26.7 Å². The minimum absolute atomic E-state index is 0.0205. The van der Waals surface area contributed by atoms with Gasteiger partial charge >= 0.3 is 12.3 Å². The monoisotopic (exact) mass is 434 g/mol. The molecule has 1 aliphatic heterocycles. The number of piperidine rings is 1. The van der Waals surface area contributed by atoms with Crippen molar-refractivity contribution >= 4 is 12.1 Å². The molecule has 2 fully saturated rings. The number of hydrogen-bond acceptors (Lipinski definition) is 3. The summed E-state index contributed by atoms with van der Waals surface area (Å²) in [7, 11) is 1.67. The number of ether oxygens (including phenoxy) is 1. The number of carbonyl (C=O) groups is 1. The number of hydrogen-bond donors (Lipinski definition) is 2. The lowest BCUT2D eigenvalue weighted by Crippen LogP contribution is -2.47. The number of halogens is 3. The molecule has 2 aliphatic rings. The molecule has 1 saturated carbocycles. The van der Waals surface area contributed by atoms with Crippen molar-refractivity contribution in [1.82, 2.24) is 15.5 Å². The summed E-state index contributed by atoms with van der Waals surface area (Å²) in [5.41, 5.74) is -0.497. The summed E-state index contributed by atoms with van der Waals surface area (Å²) >= 11 is 0. The standard InChI is InChI=1S/C21H37F3N4O2/c1-20(2,3)30-19(29)28-13-5-6-15(14-28)11-12-26-18(25-4)27-17-9-7-16(8-10-17)21(22,23)24/h15-17H,5-14H2,1-4H3,(H2,25,26,27). The lowest BCUT2D eigenvalue weighted by Gasteiger charge is -2.34. The first kappa shape index (κ1) is 24.6. The van der Waals surface area contributed by atoms with Gasteiger partial charge in [-0.25, -0.2) is 4.79 Å². The van der Waals surface area contributed by atoms with Crippen LogP contribution in [0.3, 0.4) is 0 Å². The van der Waals surface area contributed by atoms with Gasteiger partial charge in [0, 0.05) is 32.7 Å². The Hall–Kier alpha value is -1.67. The van der Waals surface area contributed by atoms with Crippen LogP contribution < -0.4 is 10.6 Å². The molecule has 1 aliphatic carbocycles. The summed E-state index contributed by atoms with van der Waals surface area (Å²) in [6.07, 6.45) is -0.0997. The van der Waals surface area contributed by atoms with E-state index in [1.54, 1.807) is 11.9 Å². The van der Waals surface area contributed by atoms with E-state index in [2.05, 4.69) is 15.6 Å². The minimum Gasteiger partial charge on any atom is -0.444 e. The first-order chi connectivity index (χ1) is 14.0. The van der Waals surface area contributed by atoms with Crippen molar-refractivity contribution < 1.29 is 22.7 Å². The molecule has 0 aromatic heterocycles. The maximum Gasteiger partial charge on any atom is 0.410 e. The second-order valence-electron chi connectivity index (χ2n) is 9.46. The Morgan fingerprint density at radius 2 is 1.80 bits per heavy atom. The fraction of sp³-hybridized carbons (Fsp3) is 0.905. The van der Waals surface area contributed by atoms with Gasteiger partial charge in [0.2, 0.25) is 0 Å². The zero-order chi connectivity index (χ0) is 22.4. The molecule has 1 atom stereocenters. The first-order valence-corrected chi connectivity index (χ1v) is 11.0. The van der Waals surface area contributed by atoms with Gasteiger partial charge in [0.15, 0.2) is 5.96 Å². The molecule has 0 aromatic carbocycles. The molecule has 0 radical (unpaired) electrons. The third kappa shape index (κ3) is 8.22. The summed E-state index contributed by atoms with van der Waals surface area (Å²) in [5, 5.41) is 6.52. The van der Waals surface area contributed by atoms with Crippen LogP contribution in [0.1, 0.15) is 65.7 Å². The number of nitrogens with one attached hydrogen (secondary N) is 2. The van der Waals surface area contributed by atoms with E-state index < -0.39 is 17.7 Å². The van der Waals surface area contributed by atoms with Gasteiger partial charge in [-0.05, 0) is 71.6 Å². The second kappa shape index (κ2) is 10.6. The summed E-state index contributed by atoms with van der Waals surface area (Å²) in [6, 6.07) is 0.0205. The highest BCUT2D eigenvalue weighted by atomic mass is 19.4. The zero-order valence-electron chi connectivity index (χ0n) is 18.6. The van der Waals surface area contributed by atoms with Crippen LogP contribution in [0.25, 0.3) is 0 Å².